The summed E-state index contributed by atoms with van der Waals surface area (Å²) in [5, 5.41) is 23.5. The normalized spacial score (nSPS) is 23.4. The molecule has 1 saturated carbocycles. The van der Waals surface area contributed by atoms with Gasteiger partial charge in [0.25, 0.3) is 5.56 Å². The summed E-state index contributed by atoms with van der Waals surface area (Å²) in [6.07, 6.45) is 2.75. The predicted molar refractivity (Wildman–Crippen MR) is 146 cm³/mol. The van der Waals surface area contributed by atoms with Crippen molar-refractivity contribution in [1.82, 2.24) is 24.6 Å². The minimum Gasteiger partial charge on any atom is -0.505 e. The number of benzene rings is 1. The second kappa shape index (κ2) is 11.7. The van der Waals surface area contributed by atoms with E-state index in [4.69, 9.17) is 24.3 Å². The van der Waals surface area contributed by atoms with E-state index >= 15 is 4.39 Å². The zero-order chi connectivity index (χ0) is 30.1. The van der Waals surface area contributed by atoms with Gasteiger partial charge in [-0.3, -0.25) is 19.1 Å². The highest BCUT2D eigenvalue weighted by atomic mass is 31.2. The highest BCUT2D eigenvalue weighted by Gasteiger charge is 2.54. The molecule has 3 heterocycles. The van der Waals surface area contributed by atoms with Crippen molar-refractivity contribution in [3.05, 3.63) is 52.8 Å². The molecule has 2 aromatic heterocycles. The molecule has 1 aliphatic carbocycles. The molecule has 1 fully saturated rings. The fourth-order valence-corrected chi connectivity index (χ4v) is 6.07. The molecule has 6 N–H and O–H groups in total. The number of alkyl halides is 1. The van der Waals surface area contributed by atoms with Crippen LogP contribution >= 0.6 is 7.75 Å². The second-order valence-corrected chi connectivity index (χ2v) is 11.6. The van der Waals surface area contributed by atoms with Gasteiger partial charge in [0.15, 0.2) is 23.0 Å². The van der Waals surface area contributed by atoms with Crippen molar-refractivity contribution in [2.24, 2.45) is 0 Å². The lowest BCUT2D eigenvalue weighted by molar-refractivity contribution is -0.162. The Bertz CT molecular complexity index is 1590. The number of nitrogens with zero attached hydrogens (tertiary/aromatic N) is 3. The Hall–Kier alpha value is -3.98. The fourth-order valence-electron chi connectivity index (χ4n) is 4.57. The Kier molecular flexibility index (Phi) is 8.23. The van der Waals surface area contributed by atoms with Crippen LogP contribution in [-0.4, -0.2) is 66.4 Å². The number of fused-ring (bicyclic) bond motifs is 1. The quantitative estimate of drug-likeness (QED) is 0.165. The fraction of sp³-hybridized carbons (Fsp3) is 0.440. The van der Waals surface area contributed by atoms with Crippen molar-refractivity contribution >= 4 is 36.7 Å². The Balaban J connectivity index is 1.34. The monoisotopic (exact) mass is 608 g/mol. The van der Waals surface area contributed by atoms with Crippen LogP contribution in [0.25, 0.3) is 17.0 Å². The number of anilines is 1. The molecular formula is C25H30FN6O9P. The molecule has 0 saturated heterocycles. The minimum absolute atomic E-state index is 0.0717. The number of para-hydroxylation sites is 1. The summed E-state index contributed by atoms with van der Waals surface area (Å²) >= 11 is 0. The average molecular weight is 609 g/mol. The van der Waals surface area contributed by atoms with Crippen LogP contribution in [0, 0.1) is 0 Å². The molecular weight excluding hydrogens is 578 g/mol. The Morgan fingerprint density at radius 2 is 2.05 bits per heavy atom. The van der Waals surface area contributed by atoms with E-state index in [1.54, 1.807) is 18.2 Å². The first-order valence-corrected chi connectivity index (χ1v) is 14.7. The van der Waals surface area contributed by atoms with Crippen LogP contribution in [0.2, 0.25) is 0 Å². The summed E-state index contributed by atoms with van der Waals surface area (Å²) in [4.78, 5) is 34.9. The number of nitrogens with one attached hydrogen (secondary N) is 2. The number of aliphatic hydroxyl groups is 2. The number of aromatic nitrogens is 4. The van der Waals surface area contributed by atoms with Crippen LogP contribution in [0.1, 0.15) is 39.0 Å². The SMILES string of the molecule is CC(NP(=O)(OC[C@@]1(F)OC(n2cnc3c(=O)[nH]c(N)nc32)=C(O)[C@@H]1O)Oc1ccccc1)C(=O)OC1CCCCC1. The van der Waals surface area contributed by atoms with Gasteiger partial charge in [0.2, 0.25) is 11.8 Å². The number of hydrogen-bond acceptors (Lipinski definition) is 12. The molecule has 0 radical (unpaired) electrons. The van der Waals surface area contributed by atoms with E-state index in [2.05, 4.69) is 20.0 Å². The van der Waals surface area contributed by atoms with Gasteiger partial charge < -0.3 is 29.9 Å². The highest BCUT2D eigenvalue weighted by Crippen LogP contribution is 2.48. The maximum atomic E-state index is 16.0. The summed E-state index contributed by atoms with van der Waals surface area (Å²) in [6.45, 7) is 0.143. The molecule has 3 aromatic rings. The third-order valence-corrected chi connectivity index (χ3v) is 8.36. The van der Waals surface area contributed by atoms with Crippen LogP contribution in [0.3, 0.4) is 0 Å². The van der Waals surface area contributed by atoms with Gasteiger partial charge in [-0.05, 0) is 44.7 Å². The van der Waals surface area contributed by atoms with E-state index in [1.165, 1.54) is 19.1 Å². The maximum absolute atomic E-state index is 16.0. The van der Waals surface area contributed by atoms with Crippen LogP contribution in [0.5, 0.6) is 5.75 Å². The summed E-state index contributed by atoms with van der Waals surface area (Å²) < 4.78 is 52.3. The summed E-state index contributed by atoms with van der Waals surface area (Å²) in [5.74, 6) is -5.77. The number of aromatic amines is 1. The molecule has 2 unspecified atom stereocenters. The lowest BCUT2D eigenvalue weighted by atomic mass is 9.98. The number of imidazole rings is 1. The van der Waals surface area contributed by atoms with E-state index < -0.39 is 55.5 Å². The third kappa shape index (κ3) is 6.11. The number of H-pyrrole nitrogens is 1. The number of carbonyl (C=O) groups excluding carboxylic acids is 1. The van der Waals surface area contributed by atoms with Crippen molar-refractivity contribution in [2.75, 3.05) is 12.3 Å². The summed E-state index contributed by atoms with van der Waals surface area (Å²) in [7, 11) is -4.55. The highest BCUT2D eigenvalue weighted by molar-refractivity contribution is 7.52. The molecule has 5 rings (SSSR count). The van der Waals surface area contributed by atoms with Crippen molar-refractivity contribution in [3.8, 4) is 5.75 Å². The molecule has 0 spiro atoms. The van der Waals surface area contributed by atoms with Crippen LogP contribution < -0.4 is 20.9 Å². The molecule has 1 aliphatic heterocycles. The van der Waals surface area contributed by atoms with Crippen molar-refractivity contribution < 1.29 is 42.5 Å². The van der Waals surface area contributed by atoms with Crippen molar-refractivity contribution in [3.63, 3.8) is 0 Å². The zero-order valence-corrected chi connectivity index (χ0v) is 23.3. The van der Waals surface area contributed by atoms with Crippen LogP contribution in [-0.2, 0) is 23.4 Å². The van der Waals surface area contributed by atoms with Crippen LogP contribution in [0.15, 0.2) is 47.2 Å². The second-order valence-electron chi connectivity index (χ2n) is 9.94. The first kappa shape index (κ1) is 29.5. The molecule has 1 aromatic carbocycles. The molecule has 2 aliphatic rings. The van der Waals surface area contributed by atoms with Gasteiger partial charge in [-0.2, -0.15) is 14.5 Å². The number of halogens is 1. The lowest BCUT2D eigenvalue weighted by Gasteiger charge is -2.28. The summed E-state index contributed by atoms with van der Waals surface area (Å²) in [6, 6.07) is 6.60. The minimum atomic E-state index is -4.55. The molecule has 15 nitrogen and oxygen atoms in total. The van der Waals surface area contributed by atoms with E-state index in [9.17, 15) is 24.4 Å². The molecule has 226 valence electrons. The number of nitrogens with two attached hydrogens (primary N) is 1. The Labute approximate surface area is 238 Å². The topological polar surface area (TPSA) is 213 Å². The smallest absolute Gasteiger partial charge is 0.459 e. The van der Waals surface area contributed by atoms with Gasteiger partial charge in [0.05, 0.1) is 0 Å². The number of esters is 1. The summed E-state index contributed by atoms with van der Waals surface area (Å²) in [5.41, 5.74) is 4.49. The standard InChI is InChI=1S/C25H30FN6O9P/c1-14(23(36)39-15-8-4-2-5-9-15)31-42(37,41-16-10-6-3-7-11-16)38-12-25(26)19(34)18(33)22(40-25)32-13-28-17-20(32)29-24(27)30-21(17)35/h3,6-7,10-11,13-15,19,33-34H,2,4-5,8-9,12H2,1H3,(H,31,37)(H3,27,29,30,35)/t14?,19-,25+,42?/m0/s1. The lowest BCUT2D eigenvalue weighted by Crippen LogP contribution is -2.43. The third-order valence-electron chi connectivity index (χ3n) is 6.74. The average Bonchev–Trinajstić information content (AvgIpc) is 3.48. The molecule has 0 bridgehead atoms. The van der Waals surface area contributed by atoms with Gasteiger partial charge in [-0.25, -0.2) is 14.1 Å². The van der Waals surface area contributed by atoms with E-state index in [0.29, 0.717) is 12.8 Å². The van der Waals surface area contributed by atoms with E-state index in [-0.39, 0.29) is 29.0 Å². The molecule has 42 heavy (non-hydrogen) atoms. The maximum Gasteiger partial charge on any atom is 0.459 e. The number of nitrogen functional groups attached to an aromatic ring is 1. The first-order valence-electron chi connectivity index (χ1n) is 13.2. The predicted octanol–water partition coefficient (Wildman–Crippen LogP) is 2.50. The largest absolute Gasteiger partial charge is 0.505 e. The van der Waals surface area contributed by atoms with E-state index in [0.717, 1.165) is 30.2 Å². The van der Waals surface area contributed by atoms with Gasteiger partial charge in [-0.1, -0.05) is 24.6 Å². The molecule has 4 atom stereocenters. The van der Waals surface area contributed by atoms with Gasteiger partial charge >= 0.3 is 19.6 Å². The van der Waals surface area contributed by atoms with E-state index in [1.807, 2.05) is 0 Å². The first-order chi connectivity index (χ1) is 20.0. The number of carbonyl (C=O) groups is 1. The van der Waals surface area contributed by atoms with Gasteiger partial charge in [0, 0.05) is 0 Å². The Morgan fingerprint density at radius 3 is 2.76 bits per heavy atom. The zero-order valence-electron chi connectivity index (χ0n) is 22.4. The number of ether oxygens (including phenoxy) is 2. The van der Waals surface area contributed by atoms with Crippen molar-refractivity contribution in [1.29, 1.82) is 0 Å². The van der Waals surface area contributed by atoms with Gasteiger partial charge in [0.1, 0.15) is 30.8 Å². The number of aliphatic hydroxyl groups excluding tert-OH is 2. The van der Waals surface area contributed by atoms with Crippen molar-refractivity contribution in [2.45, 2.75) is 63.1 Å². The Morgan fingerprint density at radius 1 is 1.33 bits per heavy atom. The van der Waals surface area contributed by atoms with Gasteiger partial charge in [-0.15, -0.1) is 0 Å². The van der Waals surface area contributed by atoms with Crippen LogP contribution in [0.4, 0.5) is 10.3 Å². The molecule has 17 heteroatoms. The number of rotatable bonds is 10. The number of hydrogen-bond donors (Lipinski definition) is 5. The molecule has 0 amide bonds.